The molecule has 11 nitrogen and oxygen atoms in total. The van der Waals surface area contributed by atoms with Crippen molar-refractivity contribution in [1.82, 2.24) is 9.88 Å². The number of aromatic nitrogens is 1. The van der Waals surface area contributed by atoms with Gasteiger partial charge in [0.25, 0.3) is 0 Å². The number of amides is 1. The number of hydrogen-bond donors (Lipinski definition) is 4. The first kappa shape index (κ1) is 24.5. The molecule has 1 aliphatic heterocycles. The third-order valence-corrected chi connectivity index (χ3v) is 6.53. The van der Waals surface area contributed by atoms with Crippen LogP contribution in [0.2, 0.25) is 0 Å². The zero-order valence-electron chi connectivity index (χ0n) is 19.6. The lowest BCUT2D eigenvalue weighted by atomic mass is 9.94. The van der Waals surface area contributed by atoms with E-state index in [2.05, 4.69) is 5.32 Å². The number of carbonyl (C=O) groups excluding carboxylic acids is 1. The fourth-order valence-corrected chi connectivity index (χ4v) is 4.85. The number of aromatic carboxylic acids is 1. The second-order valence-corrected chi connectivity index (χ2v) is 9.40. The molecule has 0 spiro atoms. The maximum atomic E-state index is 12.9. The number of carbonyl (C=O) groups is 3. The molecule has 1 saturated carbocycles. The molecule has 2 aliphatic rings. The zero-order chi connectivity index (χ0) is 25.4. The molecule has 1 amide bonds. The van der Waals surface area contributed by atoms with Crippen LogP contribution in [0.5, 0.6) is 5.75 Å². The van der Waals surface area contributed by atoms with Crippen molar-refractivity contribution >= 4 is 34.4 Å². The molecule has 3 atom stereocenters. The Bertz CT molecular complexity index is 1240. The van der Waals surface area contributed by atoms with Crippen molar-refractivity contribution in [1.29, 1.82) is 0 Å². The van der Waals surface area contributed by atoms with Gasteiger partial charge in [0.2, 0.25) is 11.3 Å². The molecule has 0 bridgehead atoms. The molecule has 0 radical (unpaired) electrons. The van der Waals surface area contributed by atoms with Crippen LogP contribution in [-0.2, 0) is 9.59 Å². The molecule has 35 heavy (non-hydrogen) atoms. The minimum Gasteiger partial charge on any atom is -0.492 e. The Morgan fingerprint density at radius 3 is 2.51 bits per heavy atom. The van der Waals surface area contributed by atoms with E-state index in [1.807, 2.05) is 16.4 Å². The lowest BCUT2D eigenvalue weighted by molar-refractivity contribution is -0.149. The van der Waals surface area contributed by atoms with Crippen LogP contribution in [0.4, 0.5) is 5.69 Å². The minimum absolute atomic E-state index is 0.0910. The predicted molar refractivity (Wildman–Crippen MR) is 126 cm³/mol. The van der Waals surface area contributed by atoms with Crippen molar-refractivity contribution in [2.75, 3.05) is 25.1 Å². The quantitative estimate of drug-likeness (QED) is 0.429. The normalized spacial score (nSPS) is 20.9. The van der Waals surface area contributed by atoms with Crippen LogP contribution in [0.15, 0.2) is 23.1 Å². The molecule has 11 heteroatoms. The third kappa shape index (κ3) is 4.95. The number of hydrogen-bond acceptors (Lipinski definition) is 7. The van der Waals surface area contributed by atoms with E-state index in [9.17, 15) is 29.4 Å². The monoisotopic (exact) mass is 487 g/mol. The Kier molecular flexibility index (Phi) is 6.70. The largest absolute Gasteiger partial charge is 0.492 e. The first-order chi connectivity index (χ1) is 16.6. The molecule has 2 heterocycles. The summed E-state index contributed by atoms with van der Waals surface area (Å²) >= 11 is 0. The fraction of sp³-hybridized carbons (Fsp3) is 0.500. The van der Waals surface area contributed by atoms with Gasteiger partial charge < -0.3 is 34.8 Å². The molecule has 2 fully saturated rings. The molecule has 1 aromatic carbocycles. The number of anilines is 1. The Labute approximate surface area is 200 Å². The van der Waals surface area contributed by atoms with Crippen LogP contribution in [0.1, 0.15) is 49.0 Å². The van der Waals surface area contributed by atoms with Crippen LogP contribution in [0.3, 0.4) is 0 Å². The number of pyridine rings is 1. The molecule has 4 rings (SSSR count). The highest BCUT2D eigenvalue weighted by molar-refractivity contribution is 5.97. The number of methoxy groups -OCH3 is 1. The van der Waals surface area contributed by atoms with Gasteiger partial charge in [-0.15, -0.1) is 0 Å². The topological polar surface area (TPSA) is 158 Å². The Balaban J connectivity index is 1.70. The molecule has 4 N–H and O–H groups in total. The minimum atomic E-state index is -1.76. The summed E-state index contributed by atoms with van der Waals surface area (Å²) in [5, 5.41) is 30.9. The number of aliphatic carboxylic acids is 1. The maximum absolute atomic E-state index is 12.9. The summed E-state index contributed by atoms with van der Waals surface area (Å²) in [7, 11) is 1.50. The number of piperidine rings is 1. The van der Waals surface area contributed by atoms with Gasteiger partial charge in [-0.3, -0.25) is 9.59 Å². The number of aliphatic hydroxyl groups is 1. The number of carboxylic acids is 2. The van der Waals surface area contributed by atoms with Gasteiger partial charge in [0.05, 0.1) is 30.1 Å². The van der Waals surface area contributed by atoms with Gasteiger partial charge >= 0.3 is 11.9 Å². The summed E-state index contributed by atoms with van der Waals surface area (Å²) in [6, 6.07) is 3.16. The lowest BCUT2D eigenvalue weighted by Gasteiger charge is -2.39. The number of ether oxygens (including phenoxy) is 1. The smallest absolute Gasteiger partial charge is 0.341 e. The Hall–Kier alpha value is -3.60. The number of nitrogens with zero attached hydrogens (tertiary/aromatic N) is 2. The summed E-state index contributed by atoms with van der Waals surface area (Å²) in [5.41, 5.74) is 0.416. The number of rotatable bonds is 8. The van der Waals surface area contributed by atoms with Crippen LogP contribution in [0, 0.1) is 5.92 Å². The van der Waals surface area contributed by atoms with Crippen molar-refractivity contribution < 1.29 is 34.4 Å². The van der Waals surface area contributed by atoms with Crippen LogP contribution in [0.25, 0.3) is 10.9 Å². The van der Waals surface area contributed by atoms with E-state index >= 15 is 0 Å². The number of carboxylic acid groups (broad SMARTS) is 2. The van der Waals surface area contributed by atoms with Crippen molar-refractivity contribution in [3.05, 3.63) is 34.1 Å². The van der Waals surface area contributed by atoms with Crippen LogP contribution in [-0.4, -0.2) is 70.1 Å². The molecule has 1 saturated heterocycles. The summed E-state index contributed by atoms with van der Waals surface area (Å²) in [6.07, 6.45) is 1.53. The second kappa shape index (κ2) is 9.57. The van der Waals surface area contributed by atoms with E-state index in [-0.39, 0.29) is 29.0 Å². The van der Waals surface area contributed by atoms with Gasteiger partial charge in [0.15, 0.2) is 11.9 Å². The first-order valence-electron chi connectivity index (χ1n) is 11.5. The summed E-state index contributed by atoms with van der Waals surface area (Å²) in [6.45, 7) is 3.11. The van der Waals surface area contributed by atoms with Crippen molar-refractivity contribution in [2.45, 2.75) is 50.8 Å². The van der Waals surface area contributed by atoms with Gasteiger partial charge in [-0.1, -0.05) is 6.92 Å². The second-order valence-electron chi connectivity index (χ2n) is 9.40. The van der Waals surface area contributed by atoms with Crippen LogP contribution >= 0.6 is 0 Å². The van der Waals surface area contributed by atoms with Gasteiger partial charge in [-0.25, -0.2) is 9.59 Å². The summed E-state index contributed by atoms with van der Waals surface area (Å²) in [5.74, 6) is -2.63. The number of aliphatic hydroxyl groups excluding tert-OH is 1. The van der Waals surface area contributed by atoms with E-state index in [0.29, 0.717) is 36.5 Å². The molecule has 0 unspecified atom stereocenters. The molecular weight excluding hydrogens is 458 g/mol. The highest BCUT2D eigenvalue weighted by atomic mass is 16.5. The van der Waals surface area contributed by atoms with Crippen molar-refractivity contribution in [3.63, 3.8) is 0 Å². The Morgan fingerprint density at radius 1 is 1.20 bits per heavy atom. The highest BCUT2D eigenvalue weighted by Crippen LogP contribution is 2.43. The SMILES string of the molecule is COc1c(N2C[C@@H](C)C[C@H](NC(=O)C[C@H](O)C(=O)O)C2)ccc2c(=O)c(C(=O)O)cn(C3CC3)c12. The van der Waals surface area contributed by atoms with E-state index in [1.165, 1.54) is 13.3 Å². The molecule has 188 valence electrons. The van der Waals surface area contributed by atoms with E-state index < -0.39 is 35.8 Å². The maximum Gasteiger partial charge on any atom is 0.341 e. The van der Waals surface area contributed by atoms with E-state index in [0.717, 1.165) is 12.8 Å². The summed E-state index contributed by atoms with van der Waals surface area (Å²) in [4.78, 5) is 49.7. The molecular formula is C24H29N3O8. The number of fused-ring (bicyclic) bond motifs is 1. The highest BCUT2D eigenvalue weighted by Gasteiger charge is 2.32. The standard InChI is InChI=1S/C24H29N3O8/c1-12-7-13(25-19(29)8-18(28)24(33)34)10-26(9-12)17-6-5-15-20(22(17)35-2)27(14-3-4-14)11-16(21(15)30)23(31)32/h5-6,11-14,18,28H,3-4,7-10H2,1-2H3,(H,25,29)(H,31,32)(H,33,34)/t12-,13-,18-/m0/s1. The van der Waals surface area contributed by atoms with Crippen molar-refractivity contribution in [2.24, 2.45) is 5.92 Å². The molecule has 1 aromatic heterocycles. The average molecular weight is 488 g/mol. The van der Waals surface area contributed by atoms with E-state index in [4.69, 9.17) is 9.84 Å². The van der Waals surface area contributed by atoms with E-state index in [1.54, 1.807) is 12.1 Å². The molecule has 2 aromatic rings. The number of benzene rings is 1. The molecule has 1 aliphatic carbocycles. The zero-order valence-corrected chi connectivity index (χ0v) is 19.6. The predicted octanol–water partition coefficient (Wildman–Crippen LogP) is 1.21. The number of nitrogens with one attached hydrogen (secondary N) is 1. The van der Waals surface area contributed by atoms with Gasteiger partial charge in [-0.2, -0.15) is 0 Å². The average Bonchev–Trinajstić information content (AvgIpc) is 3.63. The van der Waals surface area contributed by atoms with Gasteiger partial charge in [-0.05, 0) is 37.3 Å². The first-order valence-corrected chi connectivity index (χ1v) is 11.5. The van der Waals surface area contributed by atoms with Crippen LogP contribution < -0.4 is 20.4 Å². The van der Waals surface area contributed by atoms with Gasteiger partial charge in [0, 0.05) is 31.4 Å². The summed E-state index contributed by atoms with van der Waals surface area (Å²) < 4.78 is 7.60. The lowest BCUT2D eigenvalue weighted by Crippen LogP contribution is -2.51. The van der Waals surface area contributed by atoms with Gasteiger partial charge in [0.1, 0.15) is 5.56 Å². The van der Waals surface area contributed by atoms with Crippen molar-refractivity contribution in [3.8, 4) is 5.75 Å². The Morgan fingerprint density at radius 2 is 1.91 bits per heavy atom. The fourth-order valence-electron chi connectivity index (χ4n) is 4.85. The third-order valence-electron chi connectivity index (χ3n) is 6.53.